The van der Waals surface area contributed by atoms with Gasteiger partial charge in [-0.2, -0.15) is 0 Å². The minimum Gasteiger partial charge on any atom is -0.459 e. The largest absolute Gasteiger partial charge is 0.459 e. The number of aromatic amines is 1. The second-order valence-electron chi connectivity index (χ2n) is 4.94. The zero-order valence-electron chi connectivity index (χ0n) is 12.6. The molecule has 1 aromatic carbocycles. The summed E-state index contributed by atoms with van der Waals surface area (Å²) in [5.74, 6) is -1.71. The van der Waals surface area contributed by atoms with Crippen LogP contribution in [0.15, 0.2) is 29.1 Å². The molecule has 6 heteroatoms. The normalized spacial score (nSPS) is 10.5. The van der Waals surface area contributed by atoms with E-state index in [1.165, 1.54) is 0 Å². The number of ether oxygens (including phenoxy) is 1. The van der Waals surface area contributed by atoms with Gasteiger partial charge in [0.2, 0.25) is 0 Å². The number of hydrogen-bond acceptors (Lipinski definition) is 4. The number of aromatic nitrogens is 1. The Morgan fingerprint density at radius 3 is 2.77 bits per heavy atom. The van der Waals surface area contributed by atoms with E-state index in [1.807, 2.05) is 25.1 Å². The fourth-order valence-electron chi connectivity index (χ4n) is 2.14. The molecular formula is C16H18N2O4. The van der Waals surface area contributed by atoms with Gasteiger partial charge >= 0.3 is 11.9 Å². The number of benzene rings is 1. The Morgan fingerprint density at radius 1 is 1.27 bits per heavy atom. The Bertz CT molecular complexity index is 764. The number of H-pyrrole nitrogens is 1. The standard InChI is InChI=1S/C16H18N2O4/c1-3-22-16(21)15(20)17-7-6-11-9-12-8-10(2)4-5-13(12)18-14(11)19/h4-5,8-9H,3,6-7H2,1-2H3,(H,17,20)(H,18,19). The summed E-state index contributed by atoms with van der Waals surface area (Å²) in [5.41, 5.74) is 2.24. The van der Waals surface area contributed by atoms with Gasteiger partial charge in [-0.1, -0.05) is 11.6 Å². The Labute approximate surface area is 127 Å². The lowest BCUT2D eigenvalue weighted by Gasteiger charge is -2.06. The molecule has 0 saturated heterocycles. The minimum atomic E-state index is -0.912. The van der Waals surface area contributed by atoms with Gasteiger partial charge in [-0.15, -0.1) is 0 Å². The van der Waals surface area contributed by atoms with Crippen LogP contribution in [0.4, 0.5) is 0 Å². The number of carbonyl (C=O) groups is 2. The van der Waals surface area contributed by atoms with Gasteiger partial charge < -0.3 is 15.0 Å². The van der Waals surface area contributed by atoms with E-state index in [-0.39, 0.29) is 18.7 Å². The monoisotopic (exact) mass is 302 g/mol. The molecule has 0 spiro atoms. The molecule has 1 heterocycles. The first kappa shape index (κ1) is 15.8. The summed E-state index contributed by atoms with van der Waals surface area (Å²) >= 11 is 0. The second-order valence-corrected chi connectivity index (χ2v) is 4.94. The molecule has 0 aliphatic carbocycles. The van der Waals surface area contributed by atoms with E-state index >= 15 is 0 Å². The zero-order valence-corrected chi connectivity index (χ0v) is 12.6. The number of fused-ring (bicyclic) bond motifs is 1. The lowest BCUT2D eigenvalue weighted by molar-refractivity contribution is -0.154. The van der Waals surface area contributed by atoms with E-state index < -0.39 is 11.9 Å². The van der Waals surface area contributed by atoms with Gasteiger partial charge in [0.05, 0.1) is 6.61 Å². The molecule has 2 N–H and O–H groups in total. The van der Waals surface area contributed by atoms with Crippen molar-refractivity contribution in [3.05, 3.63) is 45.7 Å². The lowest BCUT2D eigenvalue weighted by Crippen LogP contribution is -2.34. The van der Waals surface area contributed by atoms with Crippen molar-refractivity contribution < 1.29 is 14.3 Å². The van der Waals surface area contributed by atoms with Crippen LogP contribution in [0.1, 0.15) is 18.1 Å². The lowest BCUT2D eigenvalue weighted by atomic mass is 10.1. The third-order valence-electron chi connectivity index (χ3n) is 3.22. The highest BCUT2D eigenvalue weighted by Crippen LogP contribution is 2.13. The van der Waals surface area contributed by atoms with E-state index in [0.29, 0.717) is 12.0 Å². The van der Waals surface area contributed by atoms with Crippen LogP contribution < -0.4 is 10.9 Å². The Morgan fingerprint density at radius 2 is 2.05 bits per heavy atom. The third-order valence-corrected chi connectivity index (χ3v) is 3.22. The third kappa shape index (κ3) is 3.72. The van der Waals surface area contributed by atoms with Crippen molar-refractivity contribution in [1.29, 1.82) is 0 Å². The first-order chi connectivity index (χ1) is 10.5. The summed E-state index contributed by atoms with van der Waals surface area (Å²) in [6, 6.07) is 7.57. The van der Waals surface area contributed by atoms with Crippen LogP contribution >= 0.6 is 0 Å². The molecule has 0 radical (unpaired) electrons. The summed E-state index contributed by atoms with van der Waals surface area (Å²) in [6.07, 6.45) is 0.338. The number of esters is 1. The molecule has 6 nitrogen and oxygen atoms in total. The van der Waals surface area contributed by atoms with E-state index in [2.05, 4.69) is 15.0 Å². The van der Waals surface area contributed by atoms with Gasteiger partial charge in [0, 0.05) is 17.6 Å². The van der Waals surface area contributed by atoms with Gasteiger partial charge in [-0.25, -0.2) is 4.79 Å². The zero-order chi connectivity index (χ0) is 16.1. The van der Waals surface area contributed by atoms with Crippen molar-refractivity contribution in [3.8, 4) is 0 Å². The molecule has 1 amide bonds. The Hall–Kier alpha value is -2.63. The maximum atomic E-state index is 12.0. The van der Waals surface area contributed by atoms with Crippen LogP contribution in [0.3, 0.4) is 0 Å². The van der Waals surface area contributed by atoms with Crippen LogP contribution in [-0.2, 0) is 20.7 Å². The van der Waals surface area contributed by atoms with Gasteiger partial charge in [0.15, 0.2) is 0 Å². The minimum absolute atomic E-state index is 0.149. The highest BCUT2D eigenvalue weighted by Gasteiger charge is 2.13. The average molecular weight is 302 g/mol. The molecule has 22 heavy (non-hydrogen) atoms. The van der Waals surface area contributed by atoms with Crippen molar-refractivity contribution >= 4 is 22.8 Å². The van der Waals surface area contributed by atoms with Crippen molar-refractivity contribution in [3.63, 3.8) is 0 Å². The van der Waals surface area contributed by atoms with Crippen LogP contribution in [0, 0.1) is 6.92 Å². The van der Waals surface area contributed by atoms with E-state index in [9.17, 15) is 14.4 Å². The van der Waals surface area contributed by atoms with Gasteiger partial charge in [0.1, 0.15) is 0 Å². The summed E-state index contributed by atoms with van der Waals surface area (Å²) in [6.45, 7) is 3.94. The number of nitrogens with one attached hydrogen (secondary N) is 2. The molecule has 1 aromatic heterocycles. The summed E-state index contributed by atoms with van der Waals surface area (Å²) < 4.78 is 4.58. The Balaban J connectivity index is 2.05. The molecule has 116 valence electrons. The molecule has 0 aliphatic heterocycles. The summed E-state index contributed by atoms with van der Waals surface area (Å²) in [4.78, 5) is 37.3. The van der Waals surface area contributed by atoms with Crippen LogP contribution in [0.5, 0.6) is 0 Å². The first-order valence-corrected chi connectivity index (χ1v) is 7.08. The Kier molecular flexibility index (Phi) is 4.93. The quantitative estimate of drug-likeness (QED) is 0.653. The highest BCUT2D eigenvalue weighted by molar-refractivity contribution is 6.32. The second kappa shape index (κ2) is 6.89. The predicted molar refractivity (Wildman–Crippen MR) is 82.7 cm³/mol. The summed E-state index contributed by atoms with van der Waals surface area (Å²) in [5, 5.41) is 3.37. The van der Waals surface area contributed by atoms with Crippen LogP contribution in [0.25, 0.3) is 10.9 Å². The van der Waals surface area contributed by atoms with Crippen molar-refractivity contribution in [2.24, 2.45) is 0 Å². The number of rotatable bonds is 4. The number of carbonyl (C=O) groups excluding carboxylic acids is 2. The molecule has 0 fully saturated rings. The number of hydrogen-bond donors (Lipinski definition) is 2. The van der Waals surface area contributed by atoms with E-state index in [4.69, 9.17) is 0 Å². The molecule has 2 aromatic rings. The van der Waals surface area contributed by atoms with Crippen molar-refractivity contribution in [2.75, 3.05) is 13.2 Å². The van der Waals surface area contributed by atoms with Gasteiger partial charge in [-0.05, 0) is 43.9 Å². The number of amides is 1. The van der Waals surface area contributed by atoms with E-state index in [1.54, 1.807) is 13.0 Å². The van der Waals surface area contributed by atoms with Crippen molar-refractivity contribution in [1.82, 2.24) is 10.3 Å². The van der Waals surface area contributed by atoms with Crippen molar-refractivity contribution in [2.45, 2.75) is 20.3 Å². The molecule has 2 rings (SSSR count). The topological polar surface area (TPSA) is 88.3 Å². The average Bonchev–Trinajstić information content (AvgIpc) is 2.48. The smallest absolute Gasteiger partial charge is 0.396 e. The maximum absolute atomic E-state index is 12.0. The SMILES string of the molecule is CCOC(=O)C(=O)NCCc1cc2cc(C)ccc2[nH]c1=O. The molecule has 0 bridgehead atoms. The predicted octanol–water partition coefficient (Wildman–Crippen LogP) is 1.06. The van der Waals surface area contributed by atoms with Gasteiger partial charge in [0.25, 0.3) is 5.56 Å². The fourth-order valence-corrected chi connectivity index (χ4v) is 2.14. The molecule has 0 atom stereocenters. The number of pyridine rings is 1. The molecule has 0 unspecified atom stereocenters. The van der Waals surface area contributed by atoms with E-state index in [0.717, 1.165) is 16.5 Å². The number of aryl methyl sites for hydroxylation is 1. The fraction of sp³-hybridized carbons (Fsp3) is 0.312. The maximum Gasteiger partial charge on any atom is 0.396 e. The van der Waals surface area contributed by atoms with Crippen LogP contribution in [-0.4, -0.2) is 30.0 Å². The molecule has 0 saturated carbocycles. The first-order valence-electron chi connectivity index (χ1n) is 7.08. The summed E-state index contributed by atoms with van der Waals surface area (Å²) in [7, 11) is 0. The van der Waals surface area contributed by atoms with Crippen LogP contribution in [0.2, 0.25) is 0 Å². The molecular weight excluding hydrogens is 284 g/mol. The molecule has 0 aliphatic rings. The highest BCUT2D eigenvalue weighted by atomic mass is 16.5. The van der Waals surface area contributed by atoms with Gasteiger partial charge in [-0.3, -0.25) is 9.59 Å².